The molecule has 0 aliphatic heterocycles. The van der Waals surface area contributed by atoms with Gasteiger partial charge in [0.1, 0.15) is 0 Å². The van der Waals surface area contributed by atoms with Crippen LogP contribution in [-0.2, 0) is 11.3 Å². The number of hydrogen-bond acceptors (Lipinski definition) is 4. The van der Waals surface area contributed by atoms with E-state index < -0.39 is 6.03 Å². The van der Waals surface area contributed by atoms with Crippen molar-refractivity contribution in [2.75, 3.05) is 26.4 Å². The Morgan fingerprint density at radius 2 is 1.86 bits per heavy atom. The lowest BCUT2D eigenvalue weighted by atomic mass is 10.2. The van der Waals surface area contributed by atoms with Crippen molar-refractivity contribution in [2.45, 2.75) is 25.3 Å². The smallest absolute Gasteiger partial charge is 0.321 e. The van der Waals surface area contributed by atoms with Crippen LogP contribution in [0.3, 0.4) is 0 Å². The van der Waals surface area contributed by atoms with Gasteiger partial charge < -0.3 is 5.32 Å². The topological polar surface area (TPSA) is 61.4 Å². The van der Waals surface area contributed by atoms with Crippen molar-refractivity contribution < 1.29 is 9.59 Å². The maximum atomic E-state index is 11.8. The summed E-state index contributed by atoms with van der Waals surface area (Å²) >= 11 is 1.70. The van der Waals surface area contributed by atoms with Crippen molar-refractivity contribution in [2.24, 2.45) is 5.92 Å². The third-order valence-corrected chi connectivity index (χ3v) is 3.69. The molecule has 2 N–H and O–H groups in total. The molecule has 5 nitrogen and oxygen atoms in total. The molecule has 1 aromatic carbocycles. The quantitative estimate of drug-likeness (QED) is 0.756. The first-order valence-electron chi connectivity index (χ1n) is 7.30. The van der Waals surface area contributed by atoms with Gasteiger partial charge in [-0.1, -0.05) is 26.0 Å². The number of imide groups is 1. The third-order valence-electron chi connectivity index (χ3n) is 2.95. The van der Waals surface area contributed by atoms with Crippen LogP contribution in [0.25, 0.3) is 0 Å². The molecule has 122 valence electrons. The molecule has 6 heteroatoms. The van der Waals surface area contributed by atoms with Crippen molar-refractivity contribution in [1.29, 1.82) is 0 Å². The van der Waals surface area contributed by atoms with E-state index in [0.717, 1.165) is 5.56 Å². The van der Waals surface area contributed by atoms with E-state index in [4.69, 9.17) is 0 Å². The van der Waals surface area contributed by atoms with Crippen LogP contribution in [0.15, 0.2) is 29.2 Å². The third kappa shape index (κ3) is 7.47. The number of nitrogens with zero attached hydrogens (tertiary/aromatic N) is 1. The molecular weight excluding hydrogens is 298 g/mol. The van der Waals surface area contributed by atoms with Gasteiger partial charge in [0, 0.05) is 18.0 Å². The van der Waals surface area contributed by atoms with E-state index in [2.05, 4.69) is 34.9 Å². The fourth-order valence-electron chi connectivity index (χ4n) is 1.85. The zero-order chi connectivity index (χ0) is 16.5. The van der Waals surface area contributed by atoms with Gasteiger partial charge >= 0.3 is 6.03 Å². The minimum absolute atomic E-state index is 0.180. The molecule has 0 heterocycles. The average molecular weight is 323 g/mol. The van der Waals surface area contributed by atoms with Gasteiger partial charge in [-0.05, 0) is 36.9 Å². The molecule has 0 aliphatic rings. The maximum absolute atomic E-state index is 11.8. The second-order valence-corrected chi connectivity index (χ2v) is 6.55. The van der Waals surface area contributed by atoms with Crippen molar-refractivity contribution in [3.63, 3.8) is 0 Å². The Hall–Kier alpha value is -1.53. The minimum atomic E-state index is -0.434. The van der Waals surface area contributed by atoms with Crippen molar-refractivity contribution >= 4 is 23.7 Å². The highest BCUT2D eigenvalue weighted by Crippen LogP contribution is 2.15. The molecule has 22 heavy (non-hydrogen) atoms. The molecule has 3 amide bonds. The lowest BCUT2D eigenvalue weighted by Gasteiger charge is -2.16. The molecule has 0 saturated heterocycles. The van der Waals surface area contributed by atoms with Gasteiger partial charge in [-0.3, -0.25) is 15.0 Å². The van der Waals surface area contributed by atoms with Crippen LogP contribution in [0.2, 0.25) is 0 Å². The number of carbonyl (C=O) groups is 2. The van der Waals surface area contributed by atoms with E-state index in [9.17, 15) is 9.59 Å². The maximum Gasteiger partial charge on any atom is 0.321 e. The lowest BCUT2D eigenvalue weighted by molar-refractivity contribution is -0.120. The van der Waals surface area contributed by atoms with Gasteiger partial charge in [0.25, 0.3) is 0 Å². The summed E-state index contributed by atoms with van der Waals surface area (Å²) in [7, 11) is 1.86. The SMILES string of the molecule is CSc1ccc(CN(C)CC(=O)NC(=O)NCC(C)C)cc1. The van der Waals surface area contributed by atoms with Gasteiger partial charge in [-0.15, -0.1) is 11.8 Å². The fourth-order valence-corrected chi connectivity index (χ4v) is 2.26. The van der Waals surface area contributed by atoms with E-state index in [0.29, 0.717) is 19.0 Å². The first-order valence-corrected chi connectivity index (χ1v) is 8.52. The molecule has 0 bridgehead atoms. The van der Waals surface area contributed by atoms with Crippen molar-refractivity contribution in [1.82, 2.24) is 15.5 Å². The van der Waals surface area contributed by atoms with Gasteiger partial charge in [-0.2, -0.15) is 0 Å². The molecule has 0 aromatic heterocycles. The summed E-state index contributed by atoms with van der Waals surface area (Å²) in [6.07, 6.45) is 2.04. The van der Waals surface area contributed by atoms with Crippen molar-refractivity contribution in [3.8, 4) is 0 Å². The molecule has 0 spiro atoms. The summed E-state index contributed by atoms with van der Waals surface area (Å²) < 4.78 is 0. The number of urea groups is 1. The van der Waals surface area contributed by atoms with Gasteiger partial charge in [-0.25, -0.2) is 4.79 Å². The number of carbonyl (C=O) groups excluding carboxylic acids is 2. The number of thioether (sulfide) groups is 1. The summed E-state index contributed by atoms with van der Waals surface area (Å²) in [6, 6.07) is 7.79. The summed E-state index contributed by atoms with van der Waals surface area (Å²) in [5.41, 5.74) is 1.14. The lowest BCUT2D eigenvalue weighted by Crippen LogP contribution is -2.44. The first kappa shape index (κ1) is 18.5. The Labute approximate surface area is 136 Å². The molecule has 0 atom stereocenters. The number of amides is 3. The number of benzene rings is 1. The van der Waals surface area contributed by atoms with Crippen molar-refractivity contribution in [3.05, 3.63) is 29.8 Å². The Morgan fingerprint density at radius 1 is 1.23 bits per heavy atom. The summed E-state index contributed by atoms with van der Waals surface area (Å²) in [5, 5.41) is 4.99. The van der Waals surface area contributed by atoms with Gasteiger partial charge in [0.05, 0.1) is 6.54 Å². The normalized spacial score (nSPS) is 10.8. The van der Waals surface area contributed by atoms with E-state index in [1.54, 1.807) is 11.8 Å². The molecular formula is C16H25N3O2S. The second kappa shape index (κ2) is 9.48. The average Bonchev–Trinajstić information content (AvgIpc) is 2.45. The van der Waals surface area contributed by atoms with Crippen LogP contribution in [0.1, 0.15) is 19.4 Å². The highest BCUT2D eigenvalue weighted by Gasteiger charge is 2.11. The van der Waals surface area contributed by atoms with Crippen LogP contribution in [-0.4, -0.2) is 43.2 Å². The molecule has 0 aliphatic carbocycles. The number of hydrogen-bond donors (Lipinski definition) is 2. The second-order valence-electron chi connectivity index (χ2n) is 5.67. The molecule has 0 saturated carbocycles. The predicted molar refractivity (Wildman–Crippen MR) is 90.9 cm³/mol. The first-order chi connectivity index (χ1) is 10.4. The van der Waals surface area contributed by atoms with E-state index in [-0.39, 0.29) is 12.5 Å². The van der Waals surface area contributed by atoms with E-state index in [1.807, 2.05) is 32.1 Å². The van der Waals surface area contributed by atoms with Crippen LogP contribution >= 0.6 is 11.8 Å². The standard InChI is InChI=1S/C16H25N3O2S/c1-12(2)9-17-16(21)18-15(20)11-19(3)10-13-5-7-14(22-4)8-6-13/h5-8,12H,9-11H2,1-4H3,(H2,17,18,20,21). The molecule has 0 fully saturated rings. The van der Waals surface area contributed by atoms with E-state index in [1.165, 1.54) is 4.90 Å². The Morgan fingerprint density at radius 3 is 2.41 bits per heavy atom. The number of likely N-dealkylation sites (N-methyl/N-ethyl adjacent to an activating group) is 1. The number of rotatable bonds is 7. The Kier molecular flexibility index (Phi) is 7.98. The monoisotopic (exact) mass is 323 g/mol. The van der Waals surface area contributed by atoms with Gasteiger partial charge in [0.2, 0.25) is 5.91 Å². The Balaban J connectivity index is 2.35. The summed E-state index contributed by atoms with van der Waals surface area (Å²) in [4.78, 5) is 26.4. The van der Waals surface area contributed by atoms with Crippen LogP contribution in [0.5, 0.6) is 0 Å². The summed E-state index contributed by atoms with van der Waals surface area (Å²) in [6.45, 7) is 5.39. The molecule has 0 unspecified atom stereocenters. The fraction of sp³-hybridized carbons (Fsp3) is 0.500. The zero-order valence-corrected chi connectivity index (χ0v) is 14.5. The largest absolute Gasteiger partial charge is 0.338 e. The van der Waals surface area contributed by atoms with E-state index >= 15 is 0 Å². The number of nitrogens with one attached hydrogen (secondary N) is 2. The predicted octanol–water partition coefficient (Wildman–Crippen LogP) is 2.32. The highest BCUT2D eigenvalue weighted by molar-refractivity contribution is 7.98. The molecule has 1 aromatic rings. The van der Waals surface area contributed by atoms with Crippen LogP contribution in [0, 0.1) is 5.92 Å². The van der Waals surface area contributed by atoms with Crippen LogP contribution in [0.4, 0.5) is 4.79 Å². The Bertz CT molecular complexity index is 489. The minimum Gasteiger partial charge on any atom is -0.338 e. The van der Waals surface area contributed by atoms with Crippen LogP contribution < -0.4 is 10.6 Å². The molecule has 0 radical (unpaired) electrons. The highest BCUT2D eigenvalue weighted by atomic mass is 32.2. The van der Waals surface area contributed by atoms with Gasteiger partial charge in [0.15, 0.2) is 0 Å². The summed E-state index contributed by atoms with van der Waals surface area (Å²) in [5.74, 6) is 0.0530. The zero-order valence-electron chi connectivity index (χ0n) is 13.7. The molecule has 1 rings (SSSR count).